The molecule has 1 saturated heterocycles. The molecule has 0 saturated carbocycles. The third kappa shape index (κ3) is 5.76. The number of rotatable bonds is 9. The van der Waals surface area contributed by atoms with Gasteiger partial charge in [-0.05, 0) is 42.5 Å². The number of cyclic esters (lactones) is 1. The topological polar surface area (TPSA) is 100 Å². The number of hydrogen-bond donors (Lipinski definition) is 2. The zero-order chi connectivity index (χ0) is 24.9. The Hall–Kier alpha value is -3.96. The first-order chi connectivity index (χ1) is 16.8. The van der Waals surface area contributed by atoms with E-state index in [2.05, 4.69) is 15.4 Å². The minimum absolute atomic E-state index is 0.0825. The fourth-order valence-corrected chi connectivity index (χ4v) is 3.78. The van der Waals surface area contributed by atoms with Crippen LogP contribution in [0.2, 0.25) is 0 Å². The van der Waals surface area contributed by atoms with E-state index < -0.39 is 36.2 Å². The summed E-state index contributed by atoms with van der Waals surface area (Å²) in [7, 11) is 0. The van der Waals surface area contributed by atoms with E-state index in [-0.39, 0.29) is 24.3 Å². The fraction of sp³-hybridized carbons (Fsp3) is 0.304. The highest BCUT2D eigenvalue weighted by Gasteiger charge is 2.34. The van der Waals surface area contributed by atoms with Gasteiger partial charge in [-0.3, -0.25) is 9.69 Å². The highest BCUT2D eigenvalue weighted by molar-refractivity contribution is 5.90. The van der Waals surface area contributed by atoms with Crippen molar-refractivity contribution in [2.24, 2.45) is 0 Å². The summed E-state index contributed by atoms with van der Waals surface area (Å²) < 4.78 is 59.4. The third-order valence-corrected chi connectivity index (χ3v) is 5.52. The molecule has 1 aliphatic heterocycles. The molecule has 2 amide bonds. The molecule has 12 heteroatoms. The molecule has 1 aromatic heterocycles. The number of alkyl halides is 2. The number of aromatic nitrogens is 3. The van der Waals surface area contributed by atoms with E-state index >= 15 is 0 Å². The molecule has 2 aromatic carbocycles. The summed E-state index contributed by atoms with van der Waals surface area (Å²) in [6.07, 6.45) is -1.04. The summed E-state index contributed by atoms with van der Waals surface area (Å²) >= 11 is 0. The Morgan fingerprint density at radius 1 is 1.17 bits per heavy atom. The number of nitrogens with zero attached hydrogens (tertiary/aromatic N) is 3. The van der Waals surface area contributed by atoms with Gasteiger partial charge >= 0.3 is 12.5 Å². The summed E-state index contributed by atoms with van der Waals surface area (Å²) in [6, 6.07) is 8.84. The molecule has 0 spiro atoms. The monoisotopic (exact) mass is 491 g/mol. The van der Waals surface area contributed by atoms with Gasteiger partial charge in [-0.2, -0.15) is 24.2 Å². The number of aromatic amines is 1. The van der Waals surface area contributed by atoms with Gasteiger partial charge in [0.15, 0.2) is 0 Å². The molecular formula is C23H21F4N5O3. The number of benzene rings is 2. The normalized spacial score (nSPS) is 15.5. The average molecular weight is 491 g/mol. The van der Waals surface area contributed by atoms with Crippen molar-refractivity contribution in [2.75, 3.05) is 18.0 Å². The number of nitrogens with one attached hydrogen (secondary N) is 2. The second-order valence-corrected chi connectivity index (χ2v) is 7.96. The van der Waals surface area contributed by atoms with Crippen LogP contribution in [0.1, 0.15) is 17.7 Å². The molecule has 0 radical (unpaired) electrons. The number of H-pyrrole nitrogens is 1. The van der Waals surface area contributed by atoms with E-state index in [1.165, 1.54) is 0 Å². The molecule has 184 valence electrons. The standard InChI is InChI=1S/C23H21F4N5O3/c24-18-8-16(32-12-17(35-23(32)34)11-28-22(33)21(26)27)9-19(25)20(18)14-6-4-13(5-7-14)2-1-3-15-10-29-31-30-15/h4-10,17,21H,1-3,11-12H2,(H,28,33)(H,29,30,31)/t17-/m0/s1. The zero-order valence-corrected chi connectivity index (χ0v) is 18.3. The Morgan fingerprint density at radius 2 is 1.89 bits per heavy atom. The van der Waals surface area contributed by atoms with Gasteiger partial charge in [0.2, 0.25) is 0 Å². The van der Waals surface area contributed by atoms with Crippen LogP contribution in [-0.4, -0.2) is 53.0 Å². The lowest BCUT2D eigenvalue weighted by molar-refractivity contribution is -0.132. The van der Waals surface area contributed by atoms with Crippen molar-refractivity contribution in [1.82, 2.24) is 20.7 Å². The van der Waals surface area contributed by atoms with E-state index in [9.17, 15) is 27.2 Å². The SMILES string of the molecule is O=C(NC[C@H]1CN(c2cc(F)c(-c3ccc(CCCc4cn[nH]n4)cc3)c(F)c2)C(=O)O1)C(F)F. The number of halogens is 4. The first kappa shape index (κ1) is 24.2. The van der Waals surface area contributed by atoms with Gasteiger partial charge in [0.25, 0.3) is 5.91 Å². The third-order valence-electron chi connectivity index (χ3n) is 5.52. The molecule has 1 aliphatic rings. The Labute approximate surface area is 197 Å². The number of aryl methyl sites for hydroxylation is 2. The Morgan fingerprint density at radius 3 is 2.51 bits per heavy atom. The van der Waals surface area contributed by atoms with Crippen molar-refractivity contribution >= 4 is 17.7 Å². The molecule has 0 bridgehead atoms. The highest BCUT2D eigenvalue weighted by Crippen LogP contribution is 2.32. The maximum atomic E-state index is 14.9. The number of anilines is 1. The van der Waals surface area contributed by atoms with Crippen LogP contribution in [0.4, 0.5) is 28.0 Å². The molecule has 8 nitrogen and oxygen atoms in total. The molecule has 1 atom stereocenters. The van der Waals surface area contributed by atoms with Crippen molar-refractivity contribution in [3.05, 3.63) is 65.5 Å². The van der Waals surface area contributed by atoms with Crippen LogP contribution >= 0.6 is 0 Å². The summed E-state index contributed by atoms with van der Waals surface area (Å²) in [6.45, 7) is -0.511. The van der Waals surface area contributed by atoms with E-state index in [0.29, 0.717) is 5.56 Å². The van der Waals surface area contributed by atoms with Crippen LogP contribution in [-0.2, 0) is 22.4 Å². The van der Waals surface area contributed by atoms with Crippen LogP contribution in [0, 0.1) is 11.6 Å². The Bertz CT molecular complexity index is 1170. The van der Waals surface area contributed by atoms with Crippen molar-refractivity contribution in [3.63, 3.8) is 0 Å². The second-order valence-electron chi connectivity index (χ2n) is 7.96. The lowest BCUT2D eigenvalue weighted by Crippen LogP contribution is -2.37. The smallest absolute Gasteiger partial charge is 0.414 e. The van der Waals surface area contributed by atoms with E-state index in [0.717, 1.165) is 47.6 Å². The number of ether oxygens (including phenoxy) is 1. The van der Waals surface area contributed by atoms with Crippen LogP contribution in [0.5, 0.6) is 0 Å². The molecule has 35 heavy (non-hydrogen) atoms. The molecule has 2 heterocycles. The maximum Gasteiger partial charge on any atom is 0.414 e. The van der Waals surface area contributed by atoms with Crippen molar-refractivity contribution in [2.45, 2.75) is 31.8 Å². The minimum atomic E-state index is -3.20. The van der Waals surface area contributed by atoms with Crippen LogP contribution in [0.15, 0.2) is 42.6 Å². The van der Waals surface area contributed by atoms with Gasteiger partial charge in [0, 0.05) is 0 Å². The largest absolute Gasteiger partial charge is 0.442 e. The number of amides is 2. The average Bonchev–Trinajstić information content (AvgIpc) is 3.47. The lowest BCUT2D eigenvalue weighted by atomic mass is 10.00. The van der Waals surface area contributed by atoms with E-state index in [4.69, 9.17) is 4.74 Å². The van der Waals surface area contributed by atoms with Crippen molar-refractivity contribution in [1.29, 1.82) is 0 Å². The maximum absolute atomic E-state index is 14.9. The Balaban J connectivity index is 1.41. The molecule has 1 fully saturated rings. The number of carbonyl (C=O) groups is 2. The molecular weight excluding hydrogens is 470 g/mol. The van der Waals surface area contributed by atoms with E-state index in [1.54, 1.807) is 30.5 Å². The number of hydrogen-bond acceptors (Lipinski definition) is 5. The van der Waals surface area contributed by atoms with Crippen LogP contribution in [0.3, 0.4) is 0 Å². The summed E-state index contributed by atoms with van der Waals surface area (Å²) in [4.78, 5) is 24.1. The van der Waals surface area contributed by atoms with Gasteiger partial charge in [0.1, 0.15) is 17.7 Å². The highest BCUT2D eigenvalue weighted by atomic mass is 19.3. The van der Waals surface area contributed by atoms with Crippen molar-refractivity contribution in [3.8, 4) is 11.1 Å². The molecule has 2 N–H and O–H groups in total. The van der Waals surface area contributed by atoms with Gasteiger partial charge in [-0.1, -0.05) is 24.3 Å². The lowest BCUT2D eigenvalue weighted by Gasteiger charge is -2.15. The van der Waals surface area contributed by atoms with Crippen molar-refractivity contribution < 1.29 is 31.9 Å². The summed E-state index contributed by atoms with van der Waals surface area (Å²) in [5.74, 6) is -3.25. The molecule has 0 aliphatic carbocycles. The molecule has 3 aromatic rings. The Kier molecular flexibility index (Phi) is 7.28. The second kappa shape index (κ2) is 10.5. The minimum Gasteiger partial charge on any atom is -0.442 e. The fourth-order valence-electron chi connectivity index (χ4n) is 3.78. The molecule has 4 rings (SSSR count). The summed E-state index contributed by atoms with van der Waals surface area (Å²) in [5, 5.41) is 12.2. The zero-order valence-electron chi connectivity index (χ0n) is 18.3. The summed E-state index contributed by atoms with van der Waals surface area (Å²) in [5.41, 5.74) is 1.87. The van der Waals surface area contributed by atoms with Gasteiger partial charge in [0.05, 0.1) is 36.2 Å². The predicted octanol–water partition coefficient (Wildman–Crippen LogP) is 3.63. The van der Waals surface area contributed by atoms with Crippen LogP contribution in [0.25, 0.3) is 11.1 Å². The van der Waals surface area contributed by atoms with Gasteiger partial charge in [-0.25, -0.2) is 13.6 Å². The van der Waals surface area contributed by atoms with Gasteiger partial charge < -0.3 is 10.1 Å². The molecule has 0 unspecified atom stereocenters. The first-order valence-electron chi connectivity index (χ1n) is 10.8. The number of carbonyl (C=O) groups excluding carboxylic acids is 2. The van der Waals surface area contributed by atoms with Crippen LogP contribution < -0.4 is 10.2 Å². The first-order valence-corrected chi connectivity index (χ1v) is 10.8. The van der Waals surface area contributed by atoms with Gasteiger partial charge in [-0.15, -0.1) is 0 Å². The van der Waals surface area contributed by atoms with E-state index in [1.807, 2.05) is 5.32 Å². The quantitative estimate of drug-likeness (QED) is 0.446. The predicted molar refractivity (Wildman–Crippen MR) is 117 cm³/mol.